The third kappa shape index (κ3) is 4.03. The molecule has 0 saturated carbocycles. The number of pyridine rings is 1. The van der Waals surface area contributed by atoms with Crippen LogP contribution in [0.15, 0.2) is 29.2 Å². The van der Waals surface area contributed by atoms with Crippen LogP contribution in [-0.4, -0.2) is 27.6 Å². The van der Waals surface area contributed by atoms with Crippen molar-refractivity contribution in [1.29, 1.82) is 0 Å². The predicted octanol–water partition coefficient (Wildman–Crippen LogP) is 1.89. The average molecular weight is 308 g/mol. The summed E-state index contributed by atoms with van der Waals surface area (Å²) in [6.07, 6.45) is 2.35. The standard InChI is InChI=1S/C13H14ClN5O2/c1-2-5-15-11-6-8(9(14)7-16-11)13(21)17-10-3-4-12(20)19-18-10/h3-4,6-7H,2,5H2,1H3,(H,15,16)(H,19,20)(H,17,18,21). The SMILES string of the molecule is CCCNc1cc(C(=O)Nc2ccc(=O)[nH]n2)c(Cl)cn1. The van der Waals surface area contributed by atoms with Crippen LogP contribution in [0.5, 0.6) is 0 Å². The maximum absolute atomic E-state index is 12.2. The molecular formula is C13H14ClN5O2. The number of rotatable bonds is 5. The molecular weight excluding hydrogens is 294 g/mol. The summed E-state index contributed by atoms with van der Waals surface area (Å²) in [6, 6.07) is 4.24. The minimum absolute atomic E-state index is 0.232. The van der Waals surface area contributed by atoms with Crippen molar-refractivity contribution in [2.75, 3.05) is 17.2 Å². The van der Waals surface area contributed by atoms with Crippen LogP contribution in [-0.2, 0) is 0 Å². The Morgan fingerprint density at radius 2 is 2.19 bits per heavy atom. The van der Waals surface area contributed by atoms with Gasteiger partial charge in [-0.05, 0) is 18.6 Å². The molecule has 7 nitrogen and oxygen atoms in total. The van der Waals surface area contributed by atoms with Crippen LogP contribution in [0.3, 0.4) is 0 Å². The summed E-state index contributed by atoms with van der Waals surface area (Å²) in [4.78, 5) is 27.2. The third-order valence-electron chi connectivity index (χ3n) is 2.58. The zero-order chi connectivity index (χ0) is 15.2. The van der Waals surface area contributed by atoms with Crippen LogP contribution in [0.2, 0.25) is 5.02 Å². The van der Waals surface area contributed by atoms with E-state index in [0.717, 1.165) is 13.0 Å². The van der Waals surface area contributed by atoms with Gasteiger partial charge in [0.2, 0.25) is 0 Å². The van der Waals surface area contributed by atoms with Gasteiger partial charge in [-0.25, -0.2) is 10.1 Å². The normalized spacial score (nSPS) is 10.2. The van der Waals surface area contributed by atoms with Crippen LogP contribution in [0.25, 0.3) is 0 Å². The average Bonchev–Trinajstić information content (AvgIpc) is 2.48. The van der Waals surface area contributed by atoms with Gasteiger partial charge in [-0.2, -0.15) is 5.10 Å². The Hall–Kier alpha value is -2.41. The van der Waals surface area contributed by atoms with E-state index in [1.54, 1.807) is 6.07 Å². The molecule has 8 heteroatoms. The number of carbonyl (C=O) groups excluding carboxylic acids is 1. The van der Waals surface area contributed by atoms with Crippen LogP contribution >= 0.6 is 11.6 Å². The van der Waals surface area contributed by atoms with E-state index in [4.69, 9.17) is 11.6 Å². The number of H-pyrrole nitrogens is 1. The molecule has 0 bridgehead atoms. The van der Waals surface area contributed by atoms with Crippen molar-refractivity contribution in [1.82, 2.24) is 15.2 Å². The van der Waals surface area contributed by atoms with Gasteiger partial charge in [-0.3, -0.25) is 9.59 Å². The van der Waals surface area contributed by atoms with Crippen LogP contribution in [0.4, 0.5) is 11.6 Å². The summed E-state index contributed by atoms with van der Waals surface area (Å²) in [6.45, 7) is 2.77. The minimum atomic E-state index is -0.429. The van der Waals surface area contributed by atoms with Gasteiger partial charge in [0.25, 0.3) is 11.5 Å². The lowest BCUT2D eigenvalue weighted by molar-refractivity contribution is 0.102. The Kier molecular flexibility index (Phi) is 4.89. The van der Waals surface area contributed by atoms with E-state index in [1.165, 1.54) is 18.3 Å². The Morgan fingerprint density at radius 1 is 1.38 bits per heavy atom. The number of nitrogens with zero attached hydrogens (tertiary/aromatic N) is 2. The number of hydrogen-bond donors (Lipinski definition) is 3. The lowest BCUT2D eigenvalue weighted by Gasteiger charge is -2.08. The quantitative estimate of drug-likeness (QED) is 0.783. The molecule has 0 radical (unpaired) electrons. The summed E-state index contributed by atoms with van der Waals surface area (Å²) in [5.41, 5.74) is -0.0701. The number of hydrogen-bond acceptors (Lipinski definition) is 5. The summed E-state index contributed by atoms with van der Waals surface area (Å²) in [7, 11) is 0. The molecule has 0 atom stereocenters. The highest BCUT2D eigenvalue weighted by molar-refractivity contribution is 6.34. The molecule has 3 N–H and O–H groups in total. The first kappa shape index (κ1) is 15.0. The molecule has 0 aliphatic heterocycles. The van der Waals surface area contributed by atoms with E-state index in [0.29, 0.717) is 5.82 Å². The molecule has 2 rings (SSSR count). The number of aromatic nitrogens is 3. The second kappa shape index (κ2) is 6.85. The van der Waals surface area contributed by atoms with Gasteiger partial charge in [0.05, 0.1) is 10.6 Å². The third-order valence-corrected chi connectivity index (χ3v) is 2.88. The summed E-state index contributed by atoms with van der Waals surface area (Å²) in [5.74, 6) is 0.373. The van der Waals surface area contributed by atoms with E-state index in [2.05, 4.69) is 25.8 Å². The van der Waals surface area contributed by atoms with Gasteiger partial charge >= 0.3 is 0 Å². The smallest absolute Gasteiger partial charge is 0.264 e. The zero-order valence-corrected chi connectivity index (χ0v) is 12.1. The topological polar surface area (TPSA) is 99.8 Å². The molecule has 21 heavy (non-hydrogen) atoms. The van der Waals surface area contributed by atoms with Crippen molar-refractivity contribution in [3.8, 4) is 0 Å². The molecule has 0 aliphatic carbocycles. The molecule has 0 unspecified atom stereocenters. The van der Waals surface area contributed by atoms with Gasteiger partial charge in [0, 0.05) is 18.8 Å². The van der Waals surface area contributed by atoms with Gasteiger partial charge in [0.1, 0.15) is 5.82 Å². The summed E-state index contributed by atoms with van der Waals surface area (Å²) < 4.78 is 0. The largest absolute Gasteiger partial charge is 0.370 e. The molecule has 0 aromatic carbocycles. The Bertz CT molecular complexity index is 681. The van der Waals surface area contributed by atoms with Crippen LogP contribution in [0.1, 0.15) is 23.7 Å². The van der Waals surface area contributed by atoms with Crippen molar-refractivity contribution in [3.63, 3.8) is 0 Å². The van der Waals surface area contributed by atoms with E-state index in [9.17, 15) is 9.59 Å². The van der Waals surface area contributed by atoms with Crippen molar-refractivity contribution in [2.24, 2.45) is 0 Å². The molecule has 2 aromatic rings. The Morgan fingerprint density at radius 3 is 2.86 bits per heavy atom. The molecule has 2 heterocycles. The minimum Gasteiger partial charge on any atom is -0.370 e. The highest BCUT2D eigenvalue weighted by Crippen LogP contribution is 2.19. The van der Waals surface area contributed by atoms with Crippen LogP contribution in [0, 0.1) is 0 Å². The van der Waals surface area contributed by atoms with Crippen molar-refractivity contribution >= 4 is 29.1 Å². The van der Waals surface area contributed by atoms with E-state index >= 15 is 0 Å². The Balaban J connectivity index is 2.17. The second-order valence-corrected chi connectivity index (χ2v) is 4.64. The number of aromatic amines is 1. The predicted molar refractivity (Wildman–Crippen MR) is 80.8 cm³/mol. The molecule has 110 valence electrons. The second-order valence-electron chi connectivity index (χ2n) is 4.24. The Labute approximate surface area is 125 Å². The molecule has 1 amide bonds. The number of nitrogens with one attached hydrogen (secondary N) is 3. The first-order valence-corrected chi connectivity index (χ1v) is 6.74. The molecule has 0 saturated heterocycles. The van der Waals surface area contributed by atoms with Gasteiger partial charge in [0.15, 0.2) is 5.82 Å². The lowest BCUT2D eigenvalue weighted by atomic mass is 10.2. The first-order valence-electron chi connectivity index (χ1n) is 6.36. The molecule has 0 aliphatic rings. The monoisotopic (exact) mass is 307 g/mol. The fraction of sp³-hybridized carbons (Fsp3) is 0.231. The van der Waals surface area contributed by atoms with Gasteiger partial charge in [-0.15, -0.1) is 0 Å². The highest BCUT2D eigenvalue weighted by atomic mass is 35.5. The highest BCUT2D eigenvalue weighted by Gasteiger charge is 2.13. The number of amides is 1. The maximum Gasteiger partial charge on any atom is 0.264 e. The first-order chi connectivity index (χ1) is 10.1. The van der Waals surface area contributed by atoms with E-state index < -0.39 is 5.91 Å². The fourth-order valence-corrected chi connectivity index (χ4v) is 1.75. The van der Waals surface area contributed by atoms with Gasteiger partial charge < -0.3 is 10.6 Å². The van der Waals surface area contributed by atoms with Crippen molar-refractivity contribution in [2.45, 2.75) is 13.3 Å². The molecule has 0 fully saturated rings. The number of halogens is 1. The molecule has 2 aromatic heterocycles. The van der Waals surface area contributed by atoms with Crippen molar-refractivity contribution < 1.29 is 4.79 Å². The summed E-state index contributed by atoms with van der Waals surface area (Å²) in [5, 5.41) is 11.8. The van der Waals surface area contributed by atoms with E-state index in [-0.39, 0.29) is 22.0 Å². The maximum atomic E-state index is 12.2. The lowest BCUT2D eigenvalue weighted by Crippen LogP contribution is -2.16. The van der Waals surface area contributed by atoms with Gasteiger partial charge in [-0.1, -0.05) is 18.5 Å². The number of anilines is 2. The van der Waals surface area contributed by atoms with E-state index in [1.807, 2.05) is 6.92 Å². The summed E-state index contributed by atoms with van der Waals surface area (Å²) >= 11 is 5.99. The molecule has 0 spiro atoms. The zero-order valence-electron chi connectivity index (χ0n) is 11.3. The van der Waals surface area contributed by atoms with Crippen molar-refractivity contribution in [3.05, 3.63) is 45.3 Å². The van der Waals surface area contributed by atoms with Crippen LogP contribution < -0.4 is 16.2 Å². The number of carbonyl (C=O) groups is 1. The fourth-order valence-electron chi connectivity index (χ4n) is 1.56.